The van der Waals surface area contributed by atoms with Gasteiger partial charge in [-0.1, -0.05) is 6.07 Å². The van der Waals surface area contributed by atoms with Gasteiger partial charge >= 0.3 is 0 Å². The molecule has 1 rings (SSSR count). The normalized spacial score (nSPS) is 9.50. The van der Waals surface area contributed by atoms with E-state index in [4.69, 9.17) is 5.26 Å². The third-order valence-corrected chi connectivity index (χ3v) is 1.97. The molecule has 0 spiro atoms. The fourth-order valence-electron chi connectivity index (χ4n) is 1.20. The van der Waals surface area contributed by atoms with Crippen LogP contribution in [-0.4, -0.2) is 17.6 Å². The second-order valence-corrected chi connectivity index (χ2v) is 3.15. The summed E-state index contributed by atoms with van der Waals surface area (Å²) >= 11 is 0. The van der Waals surface area contributed by atoms with E-state index in [1.807, 2.05) is 6.07 Å². The Morgan fingerprint density at radius 2 is 2.31 bits per heavy atom. The molecule has 0 bridgehead atoms. The number of nitriles is 1. The maximum atomic E-state index is 13.2. The monoisotopic (exact) mass is 222 g/mol. The molecule has 0 aliphatic rings. The zero-order valence-corrected chi connectivity index (χ0v) is 8.53. The Morgan fingerprint density at radius 3 is 2.94 bits per heavy atom. The minimum absolute atomic E-state index is 0.278. The fourth-order valence-corrected chi connectivity index (χ4v) is 1.20. The molecule has 2 N–H and O–H groups in total. The number of aromatic hydroxyl groups is 1. The molecule has 0 unspecified atom stereocenters. The summed E-state index contributed by atoms with van der Waals surface area (Å²) in [6.45, 7) is 0.278. The van der Waals surface area contributed by atoms with Crippen LogP contribution in [0.3, 0.4) is 0 Å². The minimum atomic E-state index is -0.766. The number of unbranched alkanes of at least 4 members (excludes halogenated alkanes) is 1. The molecule has 0 radical (unpaired) electrons. The highest BCUT2D eigenvalue weighted by atomic mass is 19.1. The summed E-state index contributed by atoms with van der Waals surface area (Å²) in [5, 5.41) is 20.0. The number of carbonyl (C=O) groups is 1. The van der Waals surface area contributed by atoms with Crippen molar-refractivity contribution in [2.45, 2.75) is 12.8 Å². The summed E-state index contributed by atoms with van der Waals surface area (Å²) in [6, 6.07) is 5.59. The van der Waals surface area contributed by atoms with E-state index < -0.39 is 17.5 Å². The topological polar surface area (TPSA) is 73.1 Å². The lowest BCUT2D eigenvalue weighted by Crippen LogP contribution is -2.25. The van der Waals surface area contributed by atoms with Crippen LogP contribution in [-0.2, 0) is 0 Å². The van der Waals surface area contributed by atoms with Crippen molar-refractivity contribution < 1.29 is 14.3 Å². The highest BCUT2D eigenvalue weighted by Gasteiger charge is 2.15. The molecule has 0 saturated carbocycles. The van der Waals surface area contributed by atoms with Gasteiger partial charge in [0.1, 0.15) is 17.1 Å². The molecule has 84 valence electrons. The smallest absolute Gasteiger partial charge is 0.258 e. The molecular formula is C11H11FN2O2. The van der Waals surface area contributed by atoms with E-state index in [1.54, 1.807) is 0 Å². The van der Waals surface area contributed by atoms with Crippen LogP contribution in [0.1, 0.15) is 23.2 Å². The molecule has 5 heteroatoms. The number of nitrogens with one attached hydrogen (secondary N) is 1. The molecule has 0 aromatic heterocycles. The number of halogens is 1. The zero-order valence-electron chi connectivity index (χ0n) is 8.53. The van der Waals surface area contributed by atoms with Gasteiger partial charge in [-0.05, 0) is 18.6 Å². The zero-order chi connectivity index (χ0) is 12.0. The van der Waals surface area contributed by atoms with Gasteiger partial charge in [-0.2, -0.15) is 5.26 Å². The first-order valence-corrected chi connectivity index (χ1v) is 4.79. The summed E-state index contributed by atoms with van der Waals surface area (Å²) in [7, 11) is 0. The van der Waals surface area contributed by atoms with E-state index in [0.717, 1.165) is 6.07 Å². The molecule has 0 saturated heterocycles. The summed E-state index contributed by atoms with van der Waals surface area (Å²) < 4.78 is 13.2. The number of benzene rings is 1. The molecule has 0 aliphatic heterocycles. The number of amides is 1. The van der Waals surface area contributed by atoms with E-state index in [-0.39, 0.29) is 12.1 Å². The predicted octanol–water partition coefficient (Wildman–Crippen LogP) is 1.56. The first-order chi connectivity index (χ1) is 7.66. The Labute approximate surface area is 92.3 Å². The van der Waals surface area contributed by atoms with Crippen LogP contribution in [0, 0.1) is 17.1 Å². The highest BCUT2D eigenvalue weighted by Crippen LogP contribution is 2.19. The SMILES string of the molecule is N#CCCCNC(=O)c1c(O)cccc1F. The van der Waals surface area contributed by atoms with Crippen molar-refractivity contribution in [2.24, 2.45) is 0 Å². The van der Waals surface area contributed by atoms with Crippen molar-refractivity contribution in [3.63, 3.8) is 0 Å². The Bertz CT molecular complexity index is 406. The standard InChI is InChI=1S/C11H11FN2O2/c12-8-4-3-5-9(15)10(8)11(16)14-7-2-1-6-13/h3-5,15H,1-2,7H2,(H,14,16). The van der Waals surface area contributed by atoms with Gasteiger partial charge in [-0.25, -0.2) is 4.39 Å². The van der Waals surface area contributed by atoms with Gasteiger partial charge in [-0.15, -0.1) is 0 Å². The van der Waals surface area contributed by atoms with E-state index in [0.29, 0.717) is 12.8 Å². The van der Waals surface area contributed by atoms with E-state index in [9.17, 15) is 14.3 Å². The summed E-state index contributed by atoms with van der Waals surface area (Å²) in [4.78, 5) is 11.5. The van der Waals surface area contributed by atoms with Gasteiger partial charge in [0.2, 0.25) is 0 Å². The van der Waals surface area contributed by atoms with Crippen molar-refractivity contribution >= 4 is 5.91 Å². The second-order valence-electron chi connectivity index (χ2n) is 3.15. The Morgan fingerprint density at radius 1 is 1.56 bits per heavy atom. The van der Waals surface area contributed by atoms with Crippen LogP contribution in [0.2, 0.25) is 0 Å². The van der Waals surface area contributed by atoms with Gasteiger partial charge in [0.05, 0.1) is 6.07 Å². The molecule has 0 fully saturated rings. The molecule has 16 heavy (non-hydrogen) atoms. The second kappa shape index (κ2) is 5.71. The van der Waals surface area contributed by atoms with Gasteiger partial charge in [0.15, 0.2) is 0 Å². The third kappa shape index (κ3) is 2.95. The van der Waals surface area contributed by atoms with E-state index in [1.165, 1.54) is 12.1 Å². The van der Waals surface area contributed by atoms with Crippen molar-refractivity contribution in [2.75, 3.05) is 6.54 Å². The molecule has 0 atom stereocenters. The fraction of sp³-hybridized carbons (Fsp3) is 0.273. The number of nitrogens with zero attached hydrogens (tertiary/aromatic N) is 1. The Kier molecular flexibility index (Phi) is 4.28. The highest BCUT2D eigenvalue weighted by molar-refractivity contribution is 5.97. The predicted molar refractivity (Wildman–Crippen MR) is 55.2 cm³/mol. The lowest BCUT2D eigenvalue weighted by Gasteiger charge is -2.06. The van der Waals surface area contributed by atoms with Gasteiger partial charge in [0.25, 0.3) is 5.91 Å². The lowest BCUT2D eigenvalue weighted by molar-refractivity contribution is 0.0946. The maximum Gasteiger partial charge on any atom is 0.258 e. The molecule has 1 aromatic rings. The Balaban J connectivity index is 2.63. The van der Waals surface area contributed by atoms with Crippen LogP contribution < -0.4 is 5.32 Å². The van der Waals surface area contributed by atoms with Gasteiger partial charge in [-0.3, -0.25) is 4.79 Å². The number of carbonyl (C=O) groups excluding carboxylic acids is 1. The minimum Gasteiger partial charge on any atom is -0.507 e. The first-order valence-electron chi connectivity index (χ1n) is 4.79. The van der Waals surface area contributed by atoms with Crippen molar-refractivity contribution in [1.29, 1.82) is 5.26 Å². The third-order valence-electron chi connectivity index (χ3n) is 1.97. The average Bonchev–Trinajstić information content (AvgIpc) is 2.24. The Hall–Kier alpha value is -2.09. The molecule has 1 amide bonds. The van der Waals surface area contributed by atoms with E-state index >= 15 is 0 Å². The first kappa shape index (κ1) is 12.0. The number of hydrogen-bond acceptors (Lipinski definition) is 3. The number of rotatable bonds is 4. The maximum absolute atomic E-state index is 13.2. The van der Waals surface area contributed by atoms with Crippen molar-refractivity contribution in [3.05, 3.63) is 29.6 Å². The van der Waals surface area contributed by atoms with Gasteiger partial charge < -0.3 is 10.4 Å². The quantitative estimate of drug-likeness (QED) is 0.759. The molecule has 0 heterocycles. The average molecular weight is 222 g/mol. The van der Waals surface area contributed by atoms with Crippen LogP contribution >= 0.6 is 0 Å². The van der Waals surface area contributed by atoms with Crippen LogP contribution in [0.15, 0.2) is 18.2 Å². The molecule has 4 nitrogen and oxygen atoms in total. The largest absolute Gasteiger partial charge is 0.507 e. The molecular weight excluding hydrogens is 211 g/mol. The number of hydrogen-bond donors (Lipinski definition) is 2. The van der Waals surface area contributed by atoms with Crippen LogP contribution in [0.25, 0.3) is 0 Å². The van der Waals surface area contributed by atoms with Gasteiger partial charge in [0, 0.05) is 13.0 Å². The van der Waals surface area contributed by atoms with E-state index in [2.05, 4.69) is 5.32 Å². The molecule has 1 aromatic carbocycles. The van der Waals surface area contributed by atoms with Crippen molar-refractivity contribution in [3.8, 4) is 11.8 Å². The summed E-state index contributed by atoms with van der Waals surface area (Å²) in [5.74, 6) is -1.83. The van der Waals surface area contributed by atoms with Crippen molar-refractivity contribution in [1.82, 2.24) is 5.32 Å². The number of phenolic OH excluding ortho intramolecular Hbond substituents is 1. The molecule has 0 aliphatic carbocycles. The van der Waals surface area contributed by atoms with Crippen LogP contribution in [0.5, 0.6) is 5.75 Å². The van der Waals surface area contributed by atoms with Crippen LogP contribution in [0.4, 0.5) is 4.39 Å². The summed E-state index contributed by atoms with van der Waals surface area (Å²) in [6.07, 6.45) is 0.820. The lowest BCUT2D eigenvalue weighted by atomic mass is 10.1. The summed E-state index contributed by atoms with van der Waals surface area (Å²) in [5.41, 5.74) is -0.362. The number of phenols is 1.